The zero-order valence-corrected chi connectivity index (χ0v) is 13.0. The third-order valence-corrected chi connectivity index (χ3v) is 7.07. The summed E-state index contributed by atoms with van der Waals surface area (Å²) in [4.78, 5) is 0. The third-order valence-electron chi connectivity index (χ3n) is 7.07. The molecule has 1 unspecified atom stereocenters. The third kappa shape index (κ3) is 1.38. The fourth-order valence-electron chi connectivity index (χ4n) is 6.66. The van der Waals surface area contributed by atoms with Crippen LogP contribution in [-0.2, 0) is 4.74 Å². The normalized spacial score (nSPS) is 57.7. The maximum Gasteiger partial charge on any atom is 0.0656 e. The highest BCUT2D eigenvalue weighted by Crippen LogP contribution is 2.72. The second-order valence-electron chi connectivity index (χ2n) is 8.77. The Morgan fingerprint density at radius 1 is 1.06 bits per heavy atom. The molecule has 3 saturated carbocycles. The molecule has 3 rings (SSSR count). The number of methoxy groups -OCH3 is 1. The van der Waals surface area contributed by atoms with E-state index in [1.165, 1.54) is 25.7 Å². The molecule has 3 fully saturated rings. The zero-order valence-electron chi connectivity index (χ0n) is 13.0. The molecule has 3 aliphatic carbocycles. The van der Waals surface area contributed by atoms with E-state index in [4.69, 9.17) is 4.74 Å². The lowest BCUT2D eigenvalue weighted by Crippen LogP contribution is -2.62. The first-order valence-corrected chi connectivity index (χ1v) is 7.77. The van der Waals surface area contributed by atoms with Gasteiger partial charge in [-0.25, -0.2) is 0 Å². The molecule has 3 aliphatic rings. The summed E-state index contributed by atoms with van der Waals surface area (Å²) in [5, 5.41) is 0. The number of fused-ring (bicyclic) bond motifs is 3. The van der Waals surface area contributed by atoms with E-state index >= 15 is 0 Å². The van der Waals surface area contributed by atoms with Crippen LogP contribution in [0.2, 0.25) is 0 Å². The molecule has 0 aliphatic heterocycles. The quantitative estimate of drug-likeness (QED) is 0.665. The monoisotopic (exact) mass is 250 g/mol. The van der Waals surface area contributed by atoms with Crippen molar-refractivity contribution in [3.05, 3.63) is 0 Å². The number of hydrogen-bond acceptors (Lipinski definition) is 1. The van der Waals surface area contributed by atoms with E-state index in [2.05, 4.69) is 34.6 Å². The highest BCUT2D eigenvalue weighted by molar-refractivity contribution is 5.16. The smallest absolute Gasteiger partial charge is 0.0656 e. The summed E-state index contributed by atoms with van der Waals surface area (Å²) in [6.45, 7) is 12.5. The van der Waals surface area contributed by atoms with Crippen LogP contribution >= 0.6 is 0 Å². The van der Waals surface area contributed by atoms with E-state index in [1.54, 1.807) is 0 Å². The Labute approximate surface area is 113 Å². The molecule has 1 heteroatoms. The summed E-state index contributed by atoms with van der Waals surface area (Å²) >= 11 is 0. The number of rotatable bonds is 1. The number of ether oxygens (including phenoxy) is 1. The second kappa shape index (κ2) is 3.53. The Hall–Kier alpha value is -0.0400. The molecule has 0 aromatic rings. The van der Waals surface area contributed by atoms with Gasteiger partial charge in [0.05, 0.1) is 6.10 Å². The van der Waals surface area contributed by atoms with Gasteiger partial charge in [0.1, 0.15) is 0 Å². The minimum Gasteiger partial charge on any atom is -0.381 e. The van der Waals surface area contributed by atoms with Gasteiger partial charge < -0.3 is 4.74 Å². The largest absolute Gasteiger partial charge is 0.381 e. The van der Waals surface area contributed by atoms with Crippen LogP contribution < -0.4 is 0 Å². The summed E-state index contributed by atoms with van der Waals surface area (Å²) < 4.78 is 6.01. The molecular formula is C17H30O. The predicted octanol–water partition coefficient (Wildman–Crippen LogP) is 4.51. The van der Waals surface area contributed by atoms with Gasteiger partial charge in [-0.05, 0) is 59.7 Å². The molecule has 0 radical (unpaired) electrons. The molecule has 1 nitrogen and oxygen atoms in total. The van der Waals surface area contributed by atoms with Crippen molar-refractivity contribution in [1.29, 1.82) is 0 Å². The highest BCUT2D eigenvalue weighted by atomic mass is 16.5. The van der Waals surface area contributed by atoms with Crippen LogP contribution in [0.25, 0.3) is 0 Å². The van der Waals surface area contributed by atoms with Gasteiger partial charge in [0.25, 0.3) is 0 Å². The van der Waals surface area contributed by atoms with Crippen molar-refractivity contribution in [2.24, 2.45) is 34.0 Å². The van der Waals surface area contributed by atoms with Crippen LogP contribution in [0, 0.1) is 34.0 Å². The van der Waals surface area contributed by atoms with Crippen molar-refractivity contribution >= 4 is 0 Å². The minimum absolute atomic E-state index is 0.406. The Kier molecular flexibility index (Phi) is 2.55. The van der Waals surface area contributed by atoms with Gasteiger partial charge in [0, 0.05) is 7.11 Å². The van der Waals surface area contributed by atoms with Gasteiger partial charge in [0.15, 0.2) is 0 Å². The van der Waals surface area contributed by atoms with Crippen LogP contribution in [0.5, 0.6) is 0 Å². The summed E-state index contributed by atoms with van der Waals surface area (Å²) in [6.07, 6.45) is 6.11. The first-order valence-electron chi connectivity index (χ1n) is 7.77. The average molecular weight is 250 g/mol. The Bertz CT molecular complexity index is 361. The average Bonchev–Trinajstić information content (AvgIpc) is 2.46. The van der Waals surface area contributed by atoms with Gasteiger partial charge in [-0.1, -0.05) is 34.6 Å². The molecular weight excluding hydrogens is 220 g/mol. The molecule has 0 N–H and O–H groups in total. The topological polar surface area (TPSA) is 9.23 Å². The fourth-order valence-corrected chi connectivity index (χ4v) is 6.66. The molecule has 0 aromatic carbocycles. The molecule has 6 atom stereocenters. The summed E-state index contributed by atoms with van der Waals surface area (Å²) in [6, 6.07) is 0. The lowest BCUT2D eigenvalue weighted by Gasteiger charge is -2.65. The van der Waals surface area contributed by atoms with E-state index < -0.39 is 0 Å². The van der Waals surface area contributed by atoms with E-state index in [9.17, 15) is 0 Å². The lowest BCUT2D eigenvalue weighted by atomic mass is 9.41. The summed E-state index contributed by atoms with van der Waals surface area (Å²) in [5.74, 6) is 2.53. The maximum absolute atomic E-state index is 6.01. The molecule has 18 heavy (non-hydrogen) atoms. The first-order chi connectivity index (χ1) is 8.24. The molecule has 104 valence electrons. The SMILES string of the molecule is CO[C@@H]1C(C)[C@@H]2CC[C@]2(C)[C@H]2CC(C)(C)C[C@]21C. The minimum atomic E-state index is 0.406. The molecule has 0 heterocycles. The first kappa shape index (κ1) is 13.0. The van der Waals surface area contributed by atoms with Gasteiger partial charge in [-0.3, -0.25) is 0 Å². The Morgan fingerprint density at radius 2 is 1.72 bits per heavy atom. The van der Waals surface area contributed by atoms with Crippen molar-refractivity contribution in [3.63, 3.8) is 0 Å². The fraction of sp³-hybridized carbons (Fsp3) is 1.00. The van der Waals surface area contributed by atoms with Gasteiger partial charge in [0.2, 0.25) is 0 Å². The number of hydrogen-bond donors (Lipinski definition) is 0. The van der Waals surface area contributed by atoms with Crippen molar-refractivity contribution in [3.8, 4) is 0 Å². The highest BCUT2D eigenvalue weighted by Gasteiger charge is 2.67. The zero-order chi connectivity index (χ0) is 13.3. The summed E-state index contributed by atoms with van der Waals surface area (Å²) in [5.41, 5.74) is 1.52. The van der Waals surface area contributed by atoms with Crippen LogP contribution in [-0.4, -0.2) is 13.2 Å². The van der Waals surface area contributed by atoms with Crippen LogP contribution in [0.15, 0.2) is 0 Å². The van der Waals surface area contributed by atoms with Crippen LogP contribution in [0.4, 0.5) is 0 Å². The predicted molar refractivity (Wildman–Crippen MR) is 75.4 cm³/mol. The van der Waals surface area contributed by atoms with Crippen molar-refractivity contribution in [1.82, 2.24) is 0 Å². The Morgan fingerprint density at radius 3 is 2.22 bits per heavy atom. The molecule has 0 amide bonds. The van der Waals surface area contributed by atoms with Crippen LogP contribution in [0.1, 0.15) is 60.3 Å². The molecule has 0 spiro atoms. The van der Waals surface area contributed by atoms with Crippen molar-refractivity contribution in [2.45, 2.75) is 66.4 Å². The van der Waals surface area contributed by atoms with Gasteiger partial charge in [-0.15, -0.1) is 0 Å². The molecule has 0 bridgehead atoms. The van der Waals surface area contributed by atoms with E-state index in [1.807, 2.05) is 7.11 Å². The van der Waals surface area contributed by atoms with Gasteiger partial charge >= 0.3 is 0 Å². The van der Waals surface area contributed by atoms with Crippen molar-refractivity contribution < 1.29 is 4.74 Å². The molecule has 0 aromatic heterocycles. The second-order valence-corrected chi connectivity index (χ2v) is 8.77. The maximum atomic E-state index is 6.01. The van der Waals surface area contributed by atoms with E-state index in [-0.39, 0.29) is 0 Å². The van der Waals surface area contributed by atoms with E-state index in [0.717, 1.165) is 17.8 Å². The van der Waals surface area contributed by atoms with E-state index in [0.29, 0.717) is 22.3 Å². The van der Waals surface area contributed by atoms with Gasteiger partial charge in [-0.2, -0.15) is 0 Å². The lowest BCUT2D eigenvalue weighted by molar-refractivity contribution is -0.208. The standard InChI is InChI=1S/C17H30O/c1-11-12-7-8-16(12,4)13-9-15(2,3)10-17(13,5)14(11)18-6/h11-14H,7-10H2,1-6H3/t11?,12-,13+,14+,16-,17+/m0/s1. The Balaban J connectivity index is 2.04. The van der Waals surface area contributed by atoms with Crippen LogP contribution in [0.3, 0.4) is 0 Å². The van der Waals surface area contributed by atoms with Crippen molar-refractivity contribution in [2.75, 3.05) is 7.11 Å². The summed E-state index contributed by atoms with van der Waals surface area (Å²) in [7, 11) is 1.94. The molecule has 0 saturated heterocycles.